The van der Waals surface area contributed by atoms with Crippen molar-refractivity contribution >= 4 is 28.4 Å². The summed E-state index contributed by atoms with van der Waals surface area (Å²) in [6.07, 6.45) is 1.12. The SMILES string of the molecule is COc1ccc(-c2ccc(C3CC(c4c(Cc5ccccc5)c5cc(Cl)ccc5[nH]c4=O)NN3C(C)=O)cc2)cc1. The van der Waals surface area contributed by atoms with Gasteiger partial charge in [-0.3, -0.25) is 14.6 Å². The fourth-order valence-corrected chi connectivity index (χ4v) is 5.98. The van der Waals surface area contributed by atoms with Crippen LogP contribution in [-0.2, 0) is 11.2 Å². The molecule has 2 unspecified atom stereocenters. The number of methoxy groups -OCH3 is 1. The minimum Gasteiger partial charge on any atom is -0.497 e. The maximum atomic E-state index is 13.6. The summed E-state index contributed by atoms with van der Waals surface area (Å²) in [7, 11) is 1.65. The molecular weight excluding hydrogens is 534 g/mol. The first-order valence-electron chi connectivity index (χ1n) is 13.6. The summed E-state index contributed by atoms with van der Waals surface area (Å²) in [5, 5.41) is 3.16. The Bertz CT molecular complexity index is 1770. The number of ether oxygens (including phenoxy) is 1. The van der Waals surface area contributed by atoms with E-state index in [0.29, 0.717) is 23.4 Å². The van der Waals surface area contributed by atoms with Crippen LogP contribution < -0.4 is 15.7 Å². The number of hydrogen-bond donors (Lipinski definition) is 2. The van der Waals surface area contributed by atoms with E-state index in [1.54, 1.807) is 25.1 Å². The molecule has 2 heterocycles. The van der Waals surface area contributed by atoms with Crippen molar-refractivity contribution < 1.29 is 9.53 Å². The van der Waals surface area contributed by atoms with Crippen molar-refractivity contribution in [3.05, 3.63) is 135 Å². The molecule has 5 aromatic rings. The predicted octanol–water partition coefficient (Wildman–Crippen LogP) is 6.99. The number of amides is 1. The number of benzene rings is 4. The summed E-state index contributed by atoms with van der Waals surface area (Å²) in [6, 6.07) is 31.2. The topological polar surface area (TPSA) is 74.4 Å². The van der Waals surface area contributed by atoms with Crippen LogP contribution in [0.4, 0.5) is 0 Å². The maximum absolute atomic E-state index is 13.6. The molecule has 41 heavy (non-hydrogen) atoms. The third-order valence-corrected chi connectivity index (χ3v) is 8.06. The molecule has 1 aromatic heterocycles. The summed E-state index contributed by atoms with van der Waals surface area (Å²) in [5.41, 5.74) is 9.73. The maximum Gasteiger partial charge on any atom is 0.253 e. The van der Waals surface area contributed by atoms with Crippen LogP contribution in [0.25, 0.3) is 22.0 Å². The van der Waals surface area contributed by atoms with Crippen molar-refractivity contribution in [1.29, 1.82) is 0 Å². The summed E-state index contributed by atoms with van der Waals surface area (Å²) in [6.45, 7) is 1.55. The van der Waals surface area contributed by atoms with E-state index in [-0.39, 0.29) is 23.6 Å². The molecule has 4 aromatic carbocycles. The van der Waals surface area contributed by atoms with E-state index < -0.39 is 0 Å². The van der Waals surface area contributed by atoms with Crippen LogP contribution in [0.15, 0.2) is 102 Å². The molecule has 1 saturated heterocycles. The minimum absolute atomic E-state index is 0.110. The molecule has 2 N–H and O–H groups in total. The van der Waals surface area contributed by atoms with Gasteiger partial charge in [-0.25, -0.2) is 5.43 Å². The lowest BCUT2D eigenvalue weighted by Crippen LogP contribution is -2.39. The van der Waals surface area contributed by atoms with Gasteiger partial charge in [0, 0.05) is 28.4 Å². The largest absolute Gasteiger partial charge is 0.497 e. The molecule has 7 heteroatoms. The van der Waals surface area contributed by atoms with E-state index in [4.69, 9.17) is 16.3 Å². The average Bonchev–Trinajstić information content (AvgIpc) is 3.44. The Hall–Kier alpha value is -4.39. The third kappa shape index (κ3) is 5.36. The number of hydrogen-bond acceptors (Lipinski definition) is 4. The minimum atomic E-state index is -0.365. The van der Waals surface area contributed by atoms with Crippen molar-refractivity contribution in [3.63, 3.8) is 0 Å². The smallest absolute Gasteiger partial charge is 0.253 e. The number of fused-ring (bicyclic) bond motifs is 1. The van der Waals surface area contributed by atoms with Crippen LogP contribution >= 0.6 is 11.6 Å². The van der Waals surface area contributed by atoms with Gasteiger partial charge >= 0.3 is 0 Å². The zero-order valence-corrected chi connectivity index (χ0v) is 23.6. The van der Waals surface area contributed by atoms with Crippen LogP contribution in [0.1, 0.15) is 47.7 Å². The number of carbonyl (C=O) groups is 1. The highest BCUT2D eigenvalue weighted by Crippen LogP contribution is 2.39. The fourth-order valence-electron chi connectivity index (χ4n) is 5.80. The number of hydrazine groups is 1. The van der Waals surface area contributed by atoms with Gasteiger partial charge < -0.3 is 9.72 Å². The number of nitrogens with zero attached hydrogens (tertiary/aromatic N) is 1. The molecule has 0 saturated carbocycles. The Morgan fingerprint density at radius 1 is 0.951 bits per heavy atom. The highest BCUT2D eigenvalue weighted by atomic mass is 35.5. The number of rotatable bonds is 6. The van der Waals surface area contributed by atoms with Gasteiger partial charge in [-0.1, -0.05) is 78.3 Å². The van der Waals surface area contributed by atoms with Gasteiger partial charge in [0.05, 0.1) is 19.2 Å². The van der Waals surface area contributed by atoms with E-state index in [1.807, 2.05) is 54.6 Å². The number of halogens is 1. The van der Waals surface area contributed by atoms with E-state index >= 15 is 0 Å². The molecule has 206 valence electrons. The number of pyridine rings is 1. The summed E-state index contributed by atoms with van der Waals surface area (Å²) < 4.78 is 5.28. The van der Waals surface area contributed by atoms with Gasteiger partial charge in [-0.05, 0) is 71.0 Å². The lowest BCUT2D eigenvalue weighted by atomic mass is 9.90. The second kappa shape index (κ2) is 11.2. The molecule has 0 bridgehead atoms. The number of carbonyl (C=O) groups excluding carboxylic acids is 1. The number of nitrogens with one attached hydrogen (secondary N) is 2. The van der Waals surface area contributed by atoms with Crippen molar-refractivity contribution in [2.24, 2.45) is 0 Å². The number of aromatic amines is 1. The van der Waals surface area contributed by atoms with E-state index in [0.717, 1.165) is 44.5 Å². The highest BCUT2D eigenvalue weighted by molar-refractivity contribution is 6.31. The standard InChI is InChI=1S/C34H30ClN3O3/c1-21(39)38-32(25-10-8-23(9-11-25)24-12-15-27(41-2)16-13-24)20-31(37-38)33-29(18-22-6-4-3-5-7-22)28-19-26(35)14-17-30(28)36-34(33)40/h3-17,19,31-32,37H,18,20H2,1-2H3,(H,36,40). The van der Waals surface area contributed by atoms with E-state index in [9.17, 15) is 9.59 Å². The first-order valence-corrected chi connectivity index (χ1v) is 14.0. The van der Waals surface area contributed by atoms with Gasteiger partial charge in [-0.15, -0.1) is 0 Å². The molecule has 6 rings (SSSR count). The average molecular weight is 564 g/mol. The lowest BCUT2D eigenvalue weighted by molar-refractivity contribution is -0.132. The van der Waals surface area contributed by atoms with Crippen LogP contribution in [0.2, 0.25) is 5.02 Å². The van der Waals surface area contributed by atoms with Crippen LogP contribution in [0, 0.1) is 0 Å². The second-order valence-corrected chi connectivity index (χ2v) is 10.8. The monoisotopic (exact) mass is 563 g/mol. The zero-order valence-electron chi connectivity index (χ0n) is 22.9. The Kier molecular flexibility index (Phi) is 7.35. The summed E-state index contributed by atoms with van der Waals surface area (Å²) in [4.78, 5) is 29.5. The molecule has 1 aliphatic heterocycles. The first kappa shape index (κ1) is 26.8. The van der Waals surface area contributed by atoms with E-state index in [2.05, 4.69) is 46.8 Å². The molecule has 1 aliphatic rings. The van der Waals surface area contributed by atoms with Crippen molar-refractivity contribution in [2.75, 3.05) is 7.11 Å². The molecule has 2 atom stereocenters. The van der Waals surface area contributed by atoms with Crippen molar-refractivity contribution in [1.82, 2.24) is 15.4 Å². The third-order valence-electron chi connectivity index (χ3n) is 7.82. The summed E-state index contributed by atoms with van der Waals surface area (Å²) >= 11 is 6.42. The van der Waals surface area contributed by atoms with Crippen LogP contribution in [0.5, 0.6) is 5.75 Å². The lowest BCUT2D eigenvalue weighted by Gasteiger charge is -2.23. The molecule has 0 aliphatic carbocycles. The quantitative estimate of drug-likeness (QED) is 0.233. The fraction of sp³-hybridized carbons (Fsp3) is 0.176. The highest BCUT2D eigenvalue weighted by Gasteiger charge is 2.37. The van der Waals surface area contributed by atoms with Gasteiger partial charge in [0.1, 0.15) is 5.75 Å². The Morgan fingerprint density at radius 3 is 2.29 bits per heavy atom. The second-order valence-electron chi connectivity index (χ2n) is 10.4. The zero-order chi connectivity index (χ0) is 28.5. The normalized spacial score (nSPS) is 16.7. The number of aromatic nitrogens is 1. The van der Waals surface area contributed by atoms with Crippen LogP contribution in [-0.4, -0.2) is 23.0 Å². The molecule has 0 spiro atoms. The number of H-pyrrole nitrogens is 1. The molecular formula is C34H30ClN3O3. The van der Waals surface area contributed by atoms with Gasteiger partial charge in [0.25, 0.3) is 5.56 Å². The summed E-state index contributed by atoms with van der Waals surface area (Å²) in [5.74, 6) is 0.699. The Balaban J connectivity index is 1.38. The molecule has 1 amide bonds. The van der Waals surface area contributed by atoms with Gasteiger partial charge in [-0.2, -0.15) is 0 Å². The molecule has 6 nitrogen and oxygen atoms in total. The Morgan fingerprint density at radius 2 is 1.63 bits per heavy atom. The van der Waals surface area contributed by atoms with Crippen LogP contribution in [0.3, 0.4) is 0 Å². The van der Waals surface area contributed by atoms with Gasteiger partial charge in [0.2, 0.25) is 5.91 Å². The van der Waals surface area contributed by atoms with E-state index in [1.165, 1.54) is 0 Å². The Labute approximate surface area is 243 Å². The molecule has 0 radical (unpaired) electrons. The van der Waals surface area contributed by atoms with Gasteiger partial charge in [0.15, 0.2) is 0 Å². The van der Waals surface area contributed by atoms with Crippen molar-refractivity contribution in [3.8, 4) is 16.9 Å². The first-order chi connectivity index (χ1) is 19.9. The molecule has 1 fully saturated rings. The van der Waals surface area contributed by atoms with Crippen molar-refractivity contribution in [2.45, 2.75) is 31.8 Å². The predicted molar refractivity (Wildman–Crippen MR) is 163 cm³/mol.